The van der Waals surface area contributed by atoms with Crippen LogP contribution in [0.5, 0.6) is 0 Å². The van der Waals surface area contributed by atoms with Crippen LogP contribution >= 0.6 is 0 Å². The van der Waals surface area contributed by atoms with Gasteiger partial charge in [0.1, 0.15) is 5.82 Å². The van der Waals surface area contributed by atoms with Gasteiger partial charge in [-0.25, -0.2) is 4.98 Å². The number of halogens is 3. The number of rotatable bonds is 1. The molecule has 3 rings (SSSR count). The van der Waals surface area contributed by atoms with E-state index in [4.69, 9.17) is 5.73 Å². The van der Waals surface area contributed by atoms with Gasteiger partial charge in [-0.15, -0.1) is 0 Å². The largest absolute Gasteiger partial charge is 0.417 e. The van der Waals surface area contributed by atoms with E-state index in [-0.39, 0.29) is 11.6 Å². The Labute approximate surface area is 114 Å². The molecule has 0 radical (unpaired) electrons. The summed E-state index contributed by atoms with van der Waals surface area (Å²) >= 11 is 0. The minimum absolute atomic E-state index is 0.111. The van der Waals surface area contributed by atoms with Crippen molar-refractivity contribution < 1.29 is 13.2 Å². The van der Waals surface area contributed by atoms with Crippen LogP contribution in [0.1, 0.15) is 30.1 Å². The molecule has 2 N–H and O–H groups in total. The van der Waals surface area contributed by atoms with Gasteiger partial charge in [0, 0.05) is 18.2 Å². The fraction of sp³-hybridized carbons (Fsp3) is 0.357. The number of fused-ring (bicyclic) bond motifs is 1. The van der Waals surface area contributed by atoms with Gasteiger partial charge in [0.2, 0.25) is 0 Å². The number of hydrogen-bond donors (Lipinski definition) is 1. The molecule has 0 saturated carbocycles. The van der Waals surface area contributed by atoms with Crippen LogP contribution in [0, 0.1) is 0 Å². The molecule has 1 aromatic heterocycles. The number of alkyl halides is 3. The Balaban J connectivity index is 2.16. The molecule has 3 nitrogen and oxygen atoms in total. The van der Waals surface area contributed by atoms with Crippen LogP contribution in [0.2, 0.25) is 0 Å². The van der Waals surface area contributed by atoms with E-state index in [1.54, 1.807) is 16.8 Å². The van der Waals surface area contributed by atoms with Crippen molar-refractivity contribution in [3.8, 4) is 11.4 Å². The second-order valence-corrected chi connectivity index (χ2v) is 4.95. The predicted molar refractivity (Wildman–Crippen MR) is 68.8 cm³/mol. The zero-order valence-corrected chi connectivity index (χ0v) is 10.7. The Hall–Kier alpha value is -1.82. The Morgan fingerprint density at radius 2 is 2.00 bits per heavy atom. The first-order valence-electron chi connectivity index (χ1n) is 6.46. The van der Waals surface area contributed by atoms with Crippen molar-refractivity contribution in [2.75, 3.05) is 0 Å². The highest BCUT2D eigenvalue weighted by Gasteiger charge is 2.35. The molecule has 106 valence electrons. The second kappa shape index (κ2) is 4.63. The average Bonchev–Trinajstić information content (AvgIpc) is 2.83. The highest BCUT2D eigenvalue weighted by molar-refractivity contribution is 5.62. The van der Waals surface area contributed by atoms with E-state index in [0.717, 1.165) is 24.6 Å². The third-order valence-electron chi connectivity index (χ3n) is 3.64. The van der Waals surface area contributed by atoms with Crippen LogP contribution in [0.3, 0.4) is 0 Å². The van der Waals surface area contributed by atoms with Gasteiger partial charge in [-0.3, -0.25) is 0 Å². The normalized spacial score (nSPS) is 18.9. The Morgan fingerprint density at radius 3 is 2.75 bits per heavy atom. The molecule has 0 saturated heterocycles. The van der Waals surface area contributed by atoms with Crippen molar-refractivity contribution in [1.82, 2.24) is 9.55 Å². The summed E-state index contributed by atoms with van der Waals surface area (Å²) in [4.78, 5) is 4.18. The van der Waals surface area contributed by atoms with Crippen LogP contribution < -0.4 is 5.73 Å². The maximum atomic E-state index is 13.1. The van der Waals surface area contributed by atoms with Gasteiger partial charge in [-0.1, -0.05) is 18.2 Å². The Bertz CT molecular complexity index is 631. The Kier molecular flexibility index (Phi) is 3.05. The summed E-state index contributed by atoms with van der Waals surface area (Å²) in [7, 11) is 0. The molecule has 2 heterocycles. The fourth-order valence-electron chi connectivity index (χ4n) is 2.68. The minimum Gasteiger partial charge on any atom is -0.327 e. The zero-order valence-electron chi connectivity index (χ0n) is 10.7. The lowest BCUT2D eigenvalue weighted by Crippen LogP contribution is -2.22. The molecule has 0 bridgehead atoms. The SMILES string of the molecule is NC1CCCn2c1cnc2-c1ccccc1C(F)(F)F. The van der Waals surface area contributed by atoms with Gasteiger partial charge in [0.15, 0.2) is 0 Å². The minimum atomic E-state index is -4.39. The number of aromatic nitrogens is 2. The maximum absolute atomic E-state index is 13.1. The van der Waals surface area contributed by atoms with Crippen LogP contribution in [0.15, 0.2) is 30.5 Å². The molecule has 0 fully saturated rings. The summed E-state index contributed by atoms with van der Waals surface area (Å²) in [5.41, 5.74) is 6.24. The average molecular weight is 281 g/mol. The van der Waals surface area contributed by atoms with Gasteiger partial charge in [-0.2, -0.15) is 13.2 Å². The molecule has 20 heavy (non-hydrogen) atoms. The Morgan fingerprint density at radius 1 is 1.25 bits per heavy atom. The van der Waals surface area contributed by atoms with E-state index in [1.807, 2.05) is 0 Å². The van der Waals surface area contributed by atoms with Crippen LogP contribution in [-0.2, 0) is 12.7 Å². The van der Waals surface area contributed by atoms with Gasteiger partial charge in [-0.05, 0) is 18.9 Å². The molecule has 1 aromatic carbocycles. The second-order valence-electron chi connectivity index (χ2n) is 4.95. The molecule has 1 aliphatic rings. The van der Waals surface area contributed by atoms with E-state index < -0.39 is 11.7 Å². The lowest BCUT2D eigenvalue weighted by molar-refractivity contribution is -0.137. The molecule has 6 heteroatoms. The van der Waals surface area contributed by atoms with Crippen molar-refractivity contribution >= 4 is 0 Å². The predicted octanol–water partition coefficient (Wildman–Crippen LogP) is 3.36. The van der Waals surface area contributed by atoms with E-state index in [0.29, 0.717) is 12.4 Å². The number of nitrogens with two attached hydrogens (primary N) is 1. The quantitative estimate of drug-likeness (QED) is 0.871. The highest BCUT2D eigenvalue weighted by atomic mass is 19.4. The maximum Gasteiger partial charge on any atom is 0.417 e. The molecular weight excluding hydrogens is 267 g/mol. The fourth-order valence-corrected chi connectivity index (χ4v) is 2.68. The smallest absolute Gasteiger partial charge is 0.327 e. The van der Waals surface area contributed by atoms with Crippen LogP contribution in [0.4, 0.5) is 13.2 Å². The van der Waals surface area contributed by atoms with Crippen molar-refractivity contribution in [1.29, 1.82) is 0 Å². The summed E-state index contributed by atoms with van der Waals surface area (Å²) in [6.07, 6.45) is -1.11. The topological polar surface area (TPSA) is 43.8 Å². The molecule has 1 aliphatic heterocycles. The number of hydrogen-bond acceptors (Lipinski definition) is 2. The van der Waals surface area contributed by atoms with Gasteiger partial charge in [0.25, 0.3) is 0 Å². The van der Waals surface area contributed by atoms with Crippen molar-refractivity contribution in [3.63, 3.8) is 0 Å². The highest BCUT2D eigenvalue weighted by Crippen LogP contribution is 2.38. The first kappa shape index (κ1) is 13.2. The summed E-state index contributed by atoms with van der Waals surface area (Å²) in [6, 6.07) is 5.37. The molecule has 1 atom stereocenters. The lowest BCUT2D eigenvalue weighted by Gasteiger charge is -2.22. The molecule has 0 spiro atoms. The molecule has 1 unspecified atom stereocenters. The molecule has 2 aromatic rings. The number of imidazole rings is 1. The summed E-state index contributed by atoms with van der Waals surface area (Å²) in [6.45, 7) is 0.657. The van der Waals surface area contributed by atoms with Crippen molar-refractivity contribution in [2.24, 2.45) is 5.73 Å². The van der Waals surface area contributed by atoms with Gasteiger partial charge < -0.3 is 10.3 Å². The number of benzene rings is 1. The van der Waals surface area contributed by atoms with Crippen LogP contribution in [-0.4, -0.2) is 9.55 Å². The summed E-state index contributed by atoms with van der Waals surface area (Å²) in [5.74, 6) is 0.350. The van der Waals surface area contributed by atoms with E-state index in [9.17, 15) is 13.2 Å². The first-order chi connectivity index (χ1) is 9.48. The van der Waals surface area contributed by atoms with Gasteiger partial charge >= 0.3 is 6.18 Å². The summed E-state index contributed by atoms with van der Waals surface area (Å²) < 4.78 is 41.1. The molecule has 0 aliphatic carbocycles. The van der Waals surface area contributed by atoms with E-state index >= 15 is 0 Å². The third-order valence-corrected chi connectivity index (χ3v) is 3.64. The summed E-state index contributed by atoms with van der Waals surface area (Å²) in [5, 5.41) is 0. The van der Waals surface area contributed by atoms with E-state index in [1.165, 1.54) is 12.1 Å². The first-order valence-corrected chi connectivity index (χ1v) is 6.46. The third kappa shape index (κ3) is 2.10. The van der Waals surface area contributed by atoms with Crippen molar-refractivity contribution in [2.45, 2.75) is 31.6 Å². The zero-order chi connectivity index (χ0) is 14.3. The van der Waals surface area contributed by atoms with Crippen LogP contribution in [0.25, 0.3) is 11.4 Å². The van der Waals surface area contributed by atoms with E-state index in [2.05, 4.69) is 4.98 Å². The van der Waals surface area contributed by atoms with Crippen molar-refractivity contribution in [3.05, 3.63) is 41.7 Å². The van der Waals surface area contributed by atoms with Gasteiger partial charge in [0.05, 0.1) is 17.5 Å². The molecular formula is C14H14F3N3. The monoisotopic (exact) mass is 281 g/mol. The standard InChI is InChI=1S/C14H14F3N3/c15-14(16,17)10-5-2-1-4-9(10)13-19-8-12-11(18)6-3-7-20(12)13/h1-2,4-5,8,11H,3,6-7,18H2. The molecule has 0 amide bonds. The lowest BCUT2D eigenvalue weighted by atomic mass is 10.0. The number of nitrogens with zero attached hydrogens (tertiary/aromatic N) is 2.